The molecule has 112 valence electrons. The van der Waals surface area contributed by atoms with Crippen LogP contribution in [0.3, 0.4) is 0 Å². The predicted octanol–water partition coefficient (Wildman–Crippen LogP) is 3.80. The Morgan fingerprint density at radius 1 is 1.27 bits per heavy atom. The van der Waals surface area contributed by atoms with Gasteiger partial charge in [-0.25, -0.2) is 9.48 Å². The summed E-state index contributed by atoms with van der Waals surface area (Å²) in [7, 11) is 1.69. The Morgan fingerprint density at radius 3 is 2.73 bits per heavy atom. The Bertz CT molecular complexity index is 890. The van der Waals surface area contributed by atoms with Crippen molar-refractivity contribution in [1.82, 2.24) is 14.8 Å². The van der Waals surface area contributed by atoms with Gasteiger partial charge in [-0.05, 0) is 19.1 Å². The predicted molar refractivity (Wildman–Crippen MR) is 84.7 cm³/mol. The van der Waals surface area contributed by atoms with Crippen molar-refractivity contribution in [3.63, 3.8) is 0 Å². The van der Waals surface area contributed by atoms with E-state index in [9.17, 15) is 4.79 Å². The number of benzene rings is 1. The third-order valence-electron chi connectivity index (χ3n) is 3.13. The molecule has 7 heteroatoms. The van der Waals surface area contributed by atoms with Crippen molar-refractivity contribution in [2.45, 2.75) is 6.92 Å². The Balaban J connectivity index is 2.07. The van der Waals surface area contributed by atoms with Crippen LogP contribution < -0.4 is 4.74 Å². The summed E-state index contributed by atoms with van der Waals surface area (Å²) in [6, 6.07) is 6.75. The Labute approximate surface area is 136 Å². The number of hydrogen-bond acceptors (Lipinski definition) is 4. The van der Waals surface area contributed by atoms with Crippen molar-refractivity contribution in [1.29, 1.82) is 0 Å². The number of rotatable bonds is 2. The third kappa shape index (κ3) is 2.65. The van der Waals surface area contributed by atoms with Gasteiger partial charge in [-0.2, -0.15) is 5.10 Å². The van der Waals surface area contributed by atoms with Crippen LogP contribution in [-0.2, 0) is 7.05 Å². The van der Waals surface area contributed by atoms with Crippen molar-refractivity contribution in [3.8, 4) is 5.88 Å². The number of hydrogen-bond donors (Lipinski definition) is 0. The van der Waals surface area contributed by atoms with Gasteiger partial charge in [0.2, 0.25) is 5.88 Å². The van der Waals surface area contributed by atoms with E-state index in [2.05, 4.69) is 10.1 Å². The van der Waals surface area contributed by atoms with Gasteiger partial charge in [0.05, 0.1) is 21.3 Å². The fourth-order valence-corrected chi connectivity index (χ4v) is 2.57. The highest BCUT2D eigenvalue weighted by molar-refractivity contribution is 6.35. The minimum atomic E-state index is -0.589. The Hall–Kier alpha value is -2.11. The number of carbonyl (C=O) groups excluding carboxylic acids is 1. The summed E-state index contributed by atoms with van der Waals surface area (Å²) in [5, 5.41) is 5.59. The molecule has 2 aromatic heterocycles. The number of aromatic nitrogens is 3. The highest BCUT2D eigenvalue weighted by Gasteiger charge is 2.19. The number of pyridine rings is 1. The summed E-state index contributed by atoms with van der Waals surface area (Å²) < 4.78 is 6.86. The molecule has 5 nitrogen and oxygen atoms in total. The summed E-state index contributed by atoms with van der Waals surface area (Å²) in [5.74, 6) is -0.252. The Morgan fingerprint density at radius 2 is 2.05 bits per heavy atom. The first kappa shape index (κ1) is 14.8. The summed E-state index contributed by atoms with van der Waals surface area (Å²) in [4.78, 5) is 16.7. The van der Waals surface area contributed by atoms with Crippen LogP contribution in [0.25, 0.3) is 10.9 Å². The zero-order valence-corrected chi connectivity index (χ0v) is 13.3. The van der Waals surface area contributed by atoms with E-state index < -0.39 is 5.97 Å². The molecular formula is C15H11Cl2N3O2. The van der Waals surface area contributed by atoms with Crippen molar-refractivity contribution in [3.05, 3.63) is 51.8 Å². The highest BCUT2D eigenvalue weighted by atomic mass is 35.5. The molecule has 0 radical (unpaired) electrons. The SMILES string of the molecule is Cc1cc(OC(=O)c2c(Cl)ccc3cc(Cl)cnc23)n(C)n1. The number of ether oxygens (including phenoxy) is 1. The van der Waals surface area contributed by atoms with Crippen LogP contribution >= 0.6 is 23.2 Å². The molecular weight excluding hydrogens is 325 g/mol. The lowest BCUT2D eigenvalue weighted by Gasteiger charge is -2.08. The molecule has 0 N–H and O–H groups in total. The fraction of sp³-hybridized carbons (Fsp3) is 0.133. The molecule has 0 aliphatic rings. The minimum Gasteiger partial charge on any atom is -0.404 e. The topological polar surface area (TPSA) is 57.0 Å². The molecule has 3 aromatic rings. The zero-order valence-electron chi connectivity index (χ0n) is 11.8. The zero-order chi connectivity index (χ0) is 15.9. The first-order chi connectivity index (χ1) is 10.5. The molecule has 2 heterocycles. The lowest BCUT2D eigenvalue weighted by atomic mass is 10.1. The lowest BCUT2D eigenvalue weighted by molar-refractivity contribution is 0.0722. The number of halogens is 2. The van der Waals surface area contributed by atoms with Gasteiger partial charge >= 0.3 is 5.97 Å². The van der Waals surface area contributed by atoms with E-state index in [0.29, 0.717) is 21.8 Å². The Kier molecular flexibility index (Phi) is 3.76. The van der Waals surface area contributed by atoms with Crippen LogP contribution in [0.4, 0.5) is 0 Å². The maximum Gasteiger partial charge on any atom is 0.348 e. The minimum absolute atomic E-state index is 0.203. The van der Waals surface area contributed by atoms with Gasteiger partial charge in [0.15, 0.2) is 0 Å². The molecule has 0 unspecified atom stereocenters. The van der Waals surface area contributed by atoms with E-state index in [1.165, 1.54) is 10.9 Å². The average molecular weight is 336 g/mol. The van der Waals surface area contributed by atoms with Crippen LogP contribution in [0, 0.1) is 6.92 Å². The van der Waals surface area contributed by atoms with Gasteiger partial charge in [-0.3, -0.25) is 4.98 Å². The second-order valence-electron chi connectivity index (χ2n) is 4.78. The molecule has 0 fully saturated rings. The maximum absolute atomic E-state index is 12.5. The molecule has 0 saturated carbocycles. The quantitative estimate of drug-likeness (QED) is 0.668. The van der Waals surface area contributed by atoms with E-state index in [4.69, 9.17) is 27.9 Å². The van der Waals surface area contributed by atoms with Crippen LogP contribution in [0.15, 0.2) is 30.5 Å². The van der Waals surface area contributed by atoms with Gasteiger partial charge < -0.3 is 4.74 Å². The van der Waals surface area contributed by atoms with Crippen LogP contribution in [-0.4, -0.2) is 20.7 Å². The number of aryl methyl sites for hydroxylation is 2. The third-order valence-corrected chi connectivity index (χ3v) is 3.65. The van der Waals surface area contributed by atoms with Crippen molar-refractivity contribution < 1.29 is 9.53 Å². The lowest BCUT2D eigenvalue weighted by Crippen LogP contribution is -2.12. The van der Waals surface area contributed by atoms with E-state index >= 15 is 0 Å². The molecule has 22 heavy (non-hydrogen) atoms. The van der Waals surface area contributed by atoms with E-state index in [1.807, 2.05) is 6.92 Å². The highest BCUT2D eigenvalue weighted by Crippen LogP contribution is 2.27. The van der Waals surface area contributed by atoms with Gasteiger partial charge in [0.1, 0.15) is 5.56 Å². The summed E-state index contributed by atoms with van der Waals surface area (Å²) in [5.41, 5.74) is 1.40. The molecule has 1 aromatic carbocycles. The van der Waals surface area contributed by atoms with Crippen LogP contribution in [0.1, 0.15) is 16.1 Å². The second-order valence-corrected chi connectivity index (χ2v) is 5.63. The van der Waals surface area contributed by atoms with Crippen molar-refractivity contribution in [2.75, 3.05) is 0 Å². The summed E-state index contributed by atoms with van der Waals surface area (Å²) in [6.45, 7) is 1.81. The average Bonchev–Trinajstić information content (AvgIpc) is 2.76. The smallest absolute Gasteiger partial charge is 0.348 e. The first-order valence-electron chi connectivity index (χ1n) is 6.42. The summed E-state index contributed by atoms with van der Waals surface area (Å²) in [6.07, 6.45) is 1.46. The van der Waals surface area contributed by atoms with E-state index in [1.54, 1.807) is 31.3 Å². The van der Waals surface area contributed by atoms with Gasteiger partial charge in [0.25, 0.3) is 0 Å². The van der Waals surface area contributed by atoms with Gasteiger partial charge in [-0.1, -0.05) is 29.3 Å². The molecule has 0 spiro atoms. The molecule has 0 bridgehead atoms. The van der Waals surface area contributed by atoms with E-state index in [0.717, 1.165) is 5.69 Å². The van der Waals surface area contributed by atoms with Crippen LogP contribution in [0.5, 0.6) is 5.88 Å². The number of fused-ring (bicyclic) bond motifs is 1. The molecule has 0 saturated heterocycles. The summed E-state index contributed by atoms with van der Waals surface area (Å²) >= 11 is 12.1. The van der Waals surface area contributed by atoms with Crippen molar-refractivity contribution in [2.24, 2.45) is 7.05 Å². The fourth-order valence-electron chi connectivity index (χ4n) is 2.17. The molecule has 0 aliphatic heterocycles. The standard InChI is InChI=1S/C15H11Cl2N3O2/c1-8-5-12(20(2)19-8)22-15(21)13-11(17)4-3-9-6-10(16)7-18-14(9)13/h3-7H,1-2H3. The molecule has 0 amide bonds. The number of carbonyl (C=O) groups is 1. The molecule has 0 aliphatic carbocycles. The molecule has 3 rings (SSSR count). The van der Waals surface area contributed by atoms with Gasteiger partial charge in [0, 0.05) is 24.7 Å². The second kappa shape index (κ2) is 5.59. The molecule has 0 atom stereocenters. The maximum atomic E-state index is 12.5. The monoisotopic (exact) mass is 335 g/mol. The van der Waals surface area contributed by atoms with E-state index in [-0.39, 0.29) is 10.6 Å². The normalized spacial score (nSPS) is 10.9. The first-order valence-corrected chi connectivity index (χ1v) is 7.18. The van der Waals surface area contributed by atoms with Gasteiger partial charge in [-0.15, -0.1) is 0 Å². The number of esters is 1. The number of nitrogens with zero attached hydrogens (tertiary/aromatic N) is 3. The largest absolute Gasteiger partial charge is 0.404 e. The van der Waals surface area contributed by atoms with Crippen molar-refractivity contribution >= 4 is 40.1 Å². The van der Waals surface area contributed by atoms with Crippen LogP contribution in [0.2, 0.25) is 10.0 Å².